The standard InChI is InChI=1S/C21H14ClF3N6O/c1-11(17-19(28-6-5-27-17)15-4-3-12(9-26)10-29-15)31(2)20-30-18-14(22)7-13(21(23,24)25)8-16(18)32-20/h3-8,10-11H,1-2H3. The highest BCUT2D eigenvalue weighted by Crippen LogP contribution is 2.37. The van der Waals surface area contributed by atoms with Crippen molar-refractivity contribution in [3.8, 4) is 17.5 Å². The number of nitrogens with zero attached hydrogens (tertiary/aromatic N) is 6. The van der Waals surface area contributed by atoms with Crippen molar-refractivity contribution in [2.75, 3.05) is 11.9 Å². The molecule has 1 aromatic carbocycles. The first-order valence-corrected chi connectivity index (χ1v) is 9.64. The maximum Gasteiger partial charge on any atom is 0.416 e. The fourth-order valence-corrected chi connectivity index (χ4v) is 3.35. The fraction of sp³-hybridized carbons (Fsp3) is 0.190. The lowest BCUT2D eigenvalue weighted by Gasteiger charge is -2.23. The van der Waals surface area contributed by atoms with E-state index in [-0.39, 0.29) is 22.1 Å². The molecule has 4 aromatic rings. The van der Waals surface area contributed by atoms with Crippen LogP contribution >= 0.6 is 11.6 Å². The molecular formula is C21H14ClF3N6O. The zero-order valence-corrected chi connectivity index (χ0v) is 17.5. The highest BCUT2D eigenvalue weighted by Gasteiger charge is 2.32. The first-order valence-electron chi connectivity index (χ1n) is 9.26. The maximum absolute atomic E-state index is 13.1. The van der Waals surface area contributed by atoms with Gasteiger partial charge in [-0.2, -0.15) is 23.4 Å². The Kier molecular flexibility index (Phi) is 5.44. The van der Waals surface area contributed by atoms with Crippen LogP contribution in [0.25, 0.3) is 22.5 Å². The number of oxazole rings is 1. The molecule has 0 fully saturated rings. The summed E-state index contributed by atoms with van der Waals surface area (Å²) in [5.74, 6) is 0. The Hall–Kier alpha value is -3.71. The average Bonchev–Trinajstić information content (AvgIpc) is 3.22. The molecule has 0 spiro atoms. The van der Waals surface area contributed by atoms with Crippen LogP contribution in [0.2, 0.25) is 5.02 Å². The Bertz CT molecular complexity index is 1330. The number of halogens is 4. The summed E-state index contributed by atoms with van der Waals surface area (Å²) in [5.41, 5.74) is 1.08. The lowest BCUT2D eigenvalue weighted by molar-refractivity contribution is -0.137. The van der Waals surface area contributed by atoms with E-state index in [1.807, 2.05) is 13.0 Å². The topological polar surface area (TPSA) is 91.7 Å². The normalized spacial score (nSPS) is 12.5. The third kappa shape index (κ3) is 3.94. The molecule has 3 aromatic heterocycles. The number of fused-ring (bicyclic) bond motifs is 1. The molecule has 162 valence electrons. The first kappa shape index (κ1) is 21.5. The summed E-state index contributed by atoms with van der Waals surface area (Å²) in [5, 5.41) is 8.81. The van der Waals surface area contributed by atoms with Crippen LogP contribution in [0.15, 0.2) is 47.3 Å². The number of rotatable bonds is 4. The van der Waals surface area contributed by atoms with Gasteiger partial charge in [-0.05, 0) is 31.2 Å². The van der Waals surface area contributed by atoms with Gasteiger partial charge in [-0.25, -0.2) is 0 Å². The van der Waals surface area contributed by atoms with E-state index in [2.05, 4.69) is 19.9 Å². The summed E-state index contributed by atoms with van der Waals surface area (Å²) in [4.78, 5) is 18.9. The third-order valence-electron chi connectivity index (χ3n) is 4.90. The smallest absolute Gasteiger partial charge is 0.416 e. The van der Waals surface area contributed by atoms with Crippen LogP contribution in [0.1, 0.15) is 29.8 Å². The number of anilines is 1. The molecule has 0 bridgehead atoms. The van der Waals surface area contributed by atoms with Crippen LogP contribution < -0.4 is 4.90 Å². The molecule has 0 aliphatic carbocycles. The summed E-state index contributed by atoms with van der Waals surface area (Å²) in [6.07, 6.45) is -0.0928. The Labute approximate surface area is 185 Å². The summed E-state index contributed by atoms with van der Waals surface area (Å²) < 4.78 is 44.9. The molecule has 0 N–H and O–H groups in total. The number of aromatic nitrogens is 4. The lowest BCUT2D eigenvalue weighted by Crippen LogP contribution is -2.23. The third-order valence-corrected chi connectivity index (χ3v) is 5.19. The van der Waals surface area contributed by atoms with Crippen LogP contribution in [0.5, 0.6) is 0 Å². The molecule has 0 radical (unpaired) electrons. The molecule has 0 amide bonds. The quantitative estimate of drug-likeness (QED) is 0.403. The summed E-state index contributed by atoms with van der Waals surface area (Å²) in [6.45, 7) is 1.81. The Morgan fingerprint density at radius 3 is 2.56 bits per heavy atom. The van der Waals surface area contributed by atoms with E-state index in [0.29, 0.717) is 22.6 Å². The lowest BCUT2D eigenvalue weighted by atomic mass is 10.1. The molecule has 32 heavy (non-hydrogen) atoms. The number of benzene rings is 1. The van der Waals surface area contributed by atoms with Crippen LogP contribution in [-0.4, -0.2) is 27.0 Å². The predicted molar refractivity (Wildman–Crippen MR) is 111 cm³/mol. The van der Waals surface area contributed by atoms with E-state index in [0.717, 1.165) is 12.1 Å². The van der Waals surface area contributed by atoms with Gasteiger partial charge < -0.3 is 9.32 Å². The molecule has 7 nitrogen and oxygen atoms in total. The van der Waals surface area contributed by atoms with E-state index in [1.54, 1.807) is 24.1 Å². The van der Waals surface area contributed by atoms with Crippen molar-refractivity contribution in [2.24, 2.45) is 0 Å². The second-order valence-electron chi connectivity index (χ2n) is 6.92. The summed E-state index contributed by atoms with van der Waals surface area (Å²) in [6, 6.07) is 6.60. The molecular weight excluding hydrogens is 445 g/mol. The van der Waals surface area contributed by atoms with Gasteiger partial charge in [-0.1, -0.05) is 11.6 Å². The minimum absolute atomic E-state index is 0.0677. The van der Waals surface area contributed by atoms with Gasteiger partial charge in [-0.15, -0.1) is 0 Å². The Morgan fingerprint density at radius 1 is 1.16 bits per heavy atom. The zero-order chi connectivity index (χ0) is 23.0. The van der Waals surface area contributed by atoms with Gasteiger partial charge in [0, 0.05) is 25.6 Å². The minimum Gasteiger partial charge on any atom is -0.423 e. The zero-order valence-electron chi connectivity index (χ0n) is 16.7. The van der Waals surface area contributed by atoms with Gasteiger partial charge in [0.15, 0.2) is 5.58 Å². The molecule has 1 unspecified atom stereocenters. The van der Waals surface area contributed by atoms with Gasteiger partial charge in [0.25, 0.3) is 6.01 Å². The molecule has 1 atom stereocenters. The first-order chi connectivity index (χ1) is 15.2. The van der Waals surface area contributed by atoms with Crippen molar-refractivity contribution in [1.29, 1.82) is 5.26 Å². The van der Waals surface area contributed by atoms with Gasteiger partial charge in [-0.3, -0.25) is 15.0 Å². The van der Waals surface area contributed by atoms with Crippen LogP contribution in [-0.2, 0) is 6.18 Å². The van der Waals surface area contributed by atoms with E-state index in [9.17, 15) is 13.2 Å². The van der Waals surface area contributed by atoms with Crippen molar-refractivity contribution >= 4 is 28.7 Å². The SMILES string of the molecule is CC(c1nccnc1-c1ccc(C#N)cn1)N(C)c1nc2c(Cl)cc(C(F)(F)F)cc2o1. The molecule has 0 saturated heterocycles. The largest absolute Gasteiger partial charge is 0.423 e. The molecule has 0 saturated carbocycles. The van der Waals surface area contributed by atoms with Crippen molar-refractivity contribution in [3.05, 3.63) is 64.7 Å². The Balaban J connectivity index is 1.71. The van der Waals surface area contributed by atoms with Gasteiger partial charge in [0.05, 0.1) is 33.6 Å². The molecule has 11 heteroatoms. The predicted octanol–water partition coefficient (Wildman–Crippen LogP) is 5.42. The number of pyridine rings is 1. The highest BCUT2D eigenvalue weighted by atomic mass is 35.5. The second-order valence-corrected chi connectivity index (χ2v) is 7.33. The van der Waals surface area contributed by atoms with Crippen molar-refractivity contribution < 1.29 is 17.6 Å². The Morgan fingerprint density at radius 2 is 1.91 bits per heavy atom. The van der Waals surface area contributed by atoms with Crippen LogP contribution in [0.4, 0.5) is 19.2 Å². The van der Waals surface area contributed by atoms with Crippen molar-refractivity contribution in [1.82, 2.24) is 19.9 Å². The van der Waals surface area contributed by atoms with E-state index >= 15 is 0 Å². The highest BCUT2D eigenvalue weighted by molar-refractivity contribution is 6.35. The number of hydrogen-bond acceptors (Lipinski definition) is 7. The molecule has 3 heterocycles. The van der Waals surface area contributed by atoms with Crippen molar-refractivity contribution in [2.45, 2.75) is 19.1 Å². The van der Waals surface area contributed by atoms with Gasteiger partial charge in [0.2, 0.25) is 0 Å². The second kappa shape index (κ2) is 8.09. The number of nitriles is 1. The fourth-order valence-electron chi connectivity index (χ4n) is 3.09. The molecule has 0 aliphatic heterocycles. The van der Waals surface area contributed by atoms with Crippen molar-refractivity contribution in [3.63, 3.8) is 0 Å². The van der Waals surface area contributed by atoms with Gasteiger partial charge >= 0.3 is 6.18 Å². The average molecular weight is 459 g/mol. The number of alkyl halides is 3. The van der Waals surface area contributed by atoms with E-state index in [1.165, 1.54) is 18.6 Å². The number of hydrogen-bond donors (Lipinski definition) is 0. The monoisotopic (exact) mass is 458 g/mol. The van der Waals surface area contributed by atoms with Crippen LogP contribution in [0.3, 0.4) is 0 Å². The summed E-state index contributed by atoms with van der Waals surface area (Å²) in [7, 11) is 1.67. The van der Waals surface area contributed by atoms with E-state index in [4.69, 9.17) is 21.3 Å². The molecule has 4 rings (SSSR count). The van der Waals surface area contributed by atoms with Gasteiger partial charge in [0.1, 0.15) is 17.3 Å². The van der Waals surface area contributed by atoms with Crippen LogP contribution in [0, 0.1) is 11.3 Å². The van der Waals surface area contributed by atoms with E-state index < -0.39 is 17.8 Å². The summed E-state index contributed by atoms with van der Waals surface area (Å²) >= 11 is 6.02. The minimum atomic E-state index is -4.56. The maximum atomic E-state index is 13.1. The molecule has 0 aliphatic rings.